The molecule has 0 saturated carbocycles. The van der Waals surface area contributed by atoms with Gasteiger partial charge in [-0.25, -0.2) is 15.0 Å². The minimum atomic E-state index is -4.27. The lowest BCUT2D eigenvalue weighted by molar-refractivity contribution is -0.126. The second-order valence-corrected chi connectivity index (χ2v) is 13.2. The van der Waals surface area contributed by atoms with Crippen LogP contribution in [-0.2, 0) is 24.3 Å². The lowest BCUT2D eigenvalue weighted by atomic mass is 10.0. The zero-order chi connectivity index (χ0) is 34.0. The number of anilines is 2. The van der Waals surface area contributed by atoms with E-state index in [1.54, 1.807) is 25.1 Å². The average Bonchev–Trinajstić information content (AvgIpc) is 3.64. The number of nitriles is 1. The Bertz CT molecular complexity index is 1980. The standard InChI is InChI=1S/C34H35F3N8O2S/c1-3-31(47)43-30-7-5-21(16-39-30)29(46)18-45-24(15-38)12-26-20(2)22(4-6-28(26)45)17-44-10-8-23(9-11-44)42-32-27-13-25(14-34(35,36)37)48-33(27)41-19-40-32/h4-7,12-13,16,19,23,29,46H,3,8-11,14,17-18H2,1-2H3,(H,39,43,47)(H,40,41,42). The van der Waals surface area contributed by atoms with Crippen LogP contribution in [0.4, 0.5) is 24.8 Å². The van der Waals surface area contributed by atoms with Crippen molar-refractivity contribution in [3.8, 4) is 6.07 Å². The molecule has 1 amide bonds. The lowest BCUT2D eigenvalue weighted by Gasteiger charge is -2.33. The van der Waals surface area contributed by atoms with Crippen molar-refractivity contribution < 1.29 is 23.1 Å². The number of alkyl halides is 3. The number of aromatic nitrogens is 4. The molecule has 14 heteroatoms. The summed E-state index contributed by atoms with van der Waals surface area (Å²) in [7, 11) is 0. The van der Waals surface area contributed by atoms with E-state index in [4.69, 9.17) is 0 Å². The van der Waals surface area contributed by atoms with E-state index in [9.17, 15) is 28.3 Å². The number of pyridine rings is 1. The number of aryl methyl sites for hydroxylation is 1. The summed E-state index contributed by atoms with van der Waals surface area (Å²) in [6.45, 7) is 6.37. The van der Waals surface area contributed by atoms with Gasteiger partial charge in [-0.3, -0.25) is 9.69 Å². The van der Waals surface area contributed by atoms with Crippen LogP contribution in [0.2, 0.25) is 0 Å². The third kappa shape index (κ3) is 7.43. The number of aliphatic hydroxyl groups is 1. The quantitative estimate of drug-likeness (QED) is 0.153. The molecule has 5 heterocycles. The zero-order valence-electron chi connectivity index (χ0n) is 26.5. The van der Waals surface area contributed by atoms with Crippen molar-refractivity contribution in [3.05, 3.63) is 76.2 Å². The van der Waals surface area contributed by atoms with Crippen LogP contribution in [0.3, 0.4) is 0 Å². The lowest BCUT2D eigenvalue weighted by Crippen LogP contribution is -2.39. The van der Waals surface area contributed by atoms with Crippen LogP contribution in [-0.4, -0.2) is 60.7 Å². The summed E-state index contributed by atoms with van der Waals surface area (Å²) in [4.78, 5) is 27.5. The normalized spacial score (nSPS) is 15.1. The molecule has 1 aliphatic heterocycles. The molecular weight excluding hydrogens is 641 g/mol. The van der Waals surface area contributed by atoms with Gasteiger partial charge in [0.25, 0.3) is 0 Å². The predicted molar refractivity (Wildman–Crippen MR) is 179 cm³/mol. The van der Waals surface area contributed by atoms with Crippen molar-refractivity contribution in [2.75, 3.05) is 23.7 Å². The van der Waals surface area contributed by atoms with Crippen LogP contribution < -0.4 is 10.6 Å². The van der Waals surface area contributed by atoms with E-state index in [1.807, 2.05) is 16.7 Å². The molecule has 0 aliphatic carbocycles. The topological polar surface area (TPSA) is 132 Å². The molecular formula is C34H35F3N8O2S. The number of carbonyl (C=O) groups excluding carboxylic acids is 1. The number of hydrogen-bond donors (Lipinski definition) is 3. The van der Waals surface area contributed by atoms with Gasteiger partial charge in [0.2, 0.25) is 5.91 Å². The van der Waals surface area contributed by atoms with Gasteiger partial charge in [0.15, 0.2) is 0 Å². The summed E-state index contributed by atoms with van der Waals surface area (Å²) < 4.78 is 40.6. The molecule has 1 atom stereocenters. The van der Waals surface area contributed by atoms with Crippen molar-refractivity contribution in [2.24, 2.45) is 0 Å². The largest absolute Gasteiger partial charge is 0.393 e. The maximum atomic E-state index is 12.9. The van der Waals surface area contributed by atoms with Crippen LogP contribution in [0.5, 0.6) is 0 Å². The van der Waals surface area contributed by atoms with Crippen LogP contribution in [0.15, 0.2) is 48.9 Å². The van der Waals surface area contributed by atoms with Crippen molar-refractivity contribution in [2.45, 2.75) is 70.9 Å². The number of amides is 1. The average molecular weight is 677 g/mol. The number of hydrogen-bond acceptors (Lipinski definition) is 9. The van der Waals surface area contributed by atoms with Gasteiger partial charge >= 0.3 is 6.18 Å². The number of likely N-dealkylation sites (tertiary alicyclic amines) is 1. The molecule has 48 heavy (non-hydrogen) atoms. The predicted octanol–water partition coefficient (Wildman–Crippen LogP) is 6.48. The molecule has 10 nitrogen and oxygen atoms in total. The highest BCUT2D eigenvalue weighted by Crippen LogP contribution is 2.34. The summed E-state index contributed by atoms with van der Waals surface area (Å²) >= 11 is 1.05. The smallest absolute Gasteiger partial charge is 0.386 e. The third-order valence-corrected chi connectivity index (χ3v) is 9.82. The Hall–Kier alpha value is -4.58. The number of carbonyl (C=O) groups is 1. The van der Waals surface area contributed by atoms with Crippen LogP contribution >= 0.6 is 11.3 Å². The number of piperidine rings is 1. The monoisotopic (exact) mass is 676 g/mol. The van der Waals surface area contributed by atoms with E-state index in [2.05, 4.69) is 49.5 Å². The van der Waals surface area contributed by atoms with Gasteiger partial charge in [0, 0.05) is 59.6 Å². The fraction of sp³-hybridized carbons (Fsp3) is 0.382. The van der Waals surface area contributed by atoms with E-state index >= 15 is 0 Å². The maximum absolute atomic E-state index is 12.9. The van der Waals surface area contributed by atoms with Gasteiger partial charge in [0.05, 0.1) is 24.5 Å². The van der Waals surface area contributed by atoms with E-state index in [0.717, 1.165) is 65.8 Å². The fourth-order valence-corrected chi connectivity index (χ4v) is 7.17. The Labute approximate surface area is 279 Å². The van der Waals surface area contributed by atoms with Crippen LogP contribution in [0.1, 0.15) is 59.6 Å². The Morgan fingerprint density at radius 2 is 1.94 bits per heavy atom. The SMILES string of the molecule is CCC(=O)Nc1ccc(C(O)Cn2c(C#N)cc3c(C)c(CN4CCC(Nc5ncnc6sc(CC(F)(F)F)cc56)CC4)ccc32)cn1. The summed E-state index contributed by atoms with van der Waals surface area (Å²) in [5, 5.41) is 28.7. The molecule has 0 spiro atoms. The first kappa shape index (κ1) is 33.3. The van der Waals surface area contributed by atoms with Gasteiger partial charge in [-0.1, -0.05) is 19.1 Å². The van der Waals surface area contributed by atoms with Gasteiger partial charge < -0.3 is 20.3 Å². The molecule has 5 aromatic rings. The van der Waals surface area contributed by atoms with Gasteiger partial charge in [-0.05, 0) is 55.2 Å². The summed E-state index contributed by atoms with van der Waals surface area (Å²) in [6.07, 6.45) is -1.21. The number of halogens is 3. The van der Waals surface area contributed by atoms with Crippen molar-refractivity contribution >= 4 is 50.0 Å². The van der Waals surface area contributed by atoms with Gasteiger partial charge in [0.1, 0.15) is 34.6 Å². The van der Waals surface area contributed by atoms with E-state index in [1.165, 1.54) is 12.5 Å². The number of benzene rings is 1. The summed E-state index contributed by atoms with van der Waals surface area (Å²) in [6, 6.07) is 13.2. The molecule has 3 N–H and O–H groups in total. The first-order chi connectivity index (χ1) is 23.0. The molecule has 4 aromatic heterocycles. The highest BCUT2D eigenvalue weighted by atomic mass is 32.1. The van der Waals surface area contributed by atoms with E-state index < -0.39 is 18.7 Å². The maximum Gasteiger partial charge on any atom is 0.393 e. The van der Waals surface area contributed by atoms with Crippen molar-refractivity contribution in [1.29, 1.82) is 5.26 Å². The molecule has 1 aromatic carbocycles. The molecule has 1 unspecified atom stereocenters. The minimum Gasteiger partial charge on any atom is -0.386 e. The van der Waals surface area contributed by atoms with Crippen LogP contribution in [0, 0.1) is 18.3 Å². The number of nitrogens with one attached hydrogen (secondary N) is 2. The van der Waals surface area contributed by atoms with E-state index in [0.29, 0.717) is 39.5 Å². The number of fused-ring (bicyclic) bond motifs is 2. The second kappa shape index (κ2) is 13.9. The fourth-order valence-electron chi connectivity index (χ4n) is 6.14. The molecule has 1 saturated heterocycles. The number of thiophene rings is 1. The Kier molecular flexibility index (Phi) is 9.63. The van der Waals surface area contributed by atoms with Crippen molar-refractivity contribution in [1.82, 2.24) is 24.4 Å². The number of rotatable bonds is 10. The number of aliphatic hydroxyl groups excluding tert-OH is 1. The van der Waals surface area contributed by atoms with E-state index in [-0.39, 0.29) is 23.4 Å². The Morgan fingerprint density at radius 1 is 1.15 bits per heavy atom. The molecule has 1 fully saturated rings. The molecule has 250 valence electrons. The zero-order valence-corrected chi connectivity index (χ0v) is 27.3. The van der Waals surface area contributed by atoms with Gasteiger partial charge in [-0.15, -0.1) is 11.3 Å². The minimum absolute atomic E-state index is 0.133. The first-order valence-electron chi connectivity index (χ1n) is 15.8. The van der Waals surface area contributed by atoms with Crippen LogP contribution in [0.25, 0.3) is 21.1 Å². The molecule has 1 aliphatic rings. The molecule has 0 radical (unpaired) electrons. The Morgan fingerprint density at radius 3 is 2.62 bits per heavy atom. The summed E-state index contributed by atoms with van der Waals surface area (Å²) in [5.41, 5.74) is 4.11. The van der Waals surface area contributed by atoms with Crippen molar-refractivity contribution in [3.63, 3.8) is 0 Å². The number of nitrogens with zero attached hydrogens (tertiary/aromatic N) is 6. The third-order valence-electron chi connectivity index (χ3n) is 8.77. The van der Waals surface area contributed by atoms with Gasteiger partial charge in [-0.2, -0.15) is 18.4 Å². The molecule has 6 rings (SSSR count). The highest BCUT2D eigenvalue weighted by molar-refractivity contribution is 7.18. The summed E-state index contributed by atoms with van der Waals surface area (Å²) in [5.74, 6) is 0.841. The first-order valence-corrected chi connectivity index (χ1v) is 16.6. The second-order valence-electron chi connectivity index (χ2n) is 12.1. The molecule has 0 bridgehead atoms. The Balaban J connectivity index is 1.10. The highest BCUT2D eigenvalue weighted by Gasteiger charge is 2.29.